The summed E-state index contributed by atoms with van der Waals surface area (Å²) in [6, 6.07) is 11.9. The van der Waals surface area contributed by atoms with Gasteiger partial charge in [-0.3, -0.25) is 14.4 Å². The quantitative estimate of drug-likeness (QED) is 0.727. The van der Waals surface area contributed by atoms with Gasteiger partial charge in [-0.2, -0.15) is 0 Å². The van der Waals surface area contributed by atoms with Crippen molar-refractivity contribution in [3.8, 4) is 0 Å². The normalized spacial score (nSPS) is 16.6. The maximum absolute atomic E-state index is 13.0. The van der Waals surface area contributed by atoms with Crippen LogP contribution in [0.2, 0.25) is 0 Å². The third-order valence-electron chi connectivity index (χ3n) is 5.23. The highest BCUT2D eigenvalue weighted by Gasteiger charge is 2.31. The number of benzene rings is 2. The average molecular weight is 379 g/mol. The maximum Gasteiger partial charge on any atom is 0.234 e. The minimum absolute atomic E-state index is 0.127. The Labute approximate surface area is 162 Å². The number of ketones is 2. The van der Waals surface area contributed by atoms with Gasteiger partial charge in [-0.1, -0.05) is 55.7 Å². The molecule has 2 aliphatic rings. The third-order valence-corrected chi connectivity index (χ3v) is 6.60. The van der Waals surface area contributed by atoms with Gasteiger partial charge in [-0.05, 0) is 18.9 Å². The summed E-state index contributed by atoms with van der Waals surface area (Å²) in [5, 5.41) is 3.40. The van der Waals surface area contributed by atoms with Gasteiger partial charge in [0.15, 0.2) is 11.6 Å². The zero-order valence-electron chi connectivity index (χ0n) is 15.0. The van der Waals surface area contributed by atoms with E-state index in [1.54, 1.807) is 54.2 Å². The molecule has 0 aliphatic heterocycles. The van der Waals surface area contributed by atoms with Crippen molar-refractivity contribution in [3.05, 3.63) is 64.7 Å². The van der Waals surface area contributed by atoms with Gasteiger partial charge in [-0.15, -0.1) is 11.8 Å². The number of fused-ring (bicyclic) bond motifs is 2. The lowest BCUT2D eigenvalue weighted by atomic mass is 9.83. The Morgan fingerprint density at radius 3 is 2.30 bits per heavy atom. The topological polar surface area (TPSA) is 63.2 Å². The van der Waals surface area contributed by atoms with Gasteiger partial charge in [0.05, 0.1) is 17.0 Å². The molecule has 2 aromatic rings. The largest absolute Gasteiger partial charge is 0.325 e. The fourth-order valence-corrected chi connectivity index (χ4v) is 4.99. The molecule has 4 rings (SSSR count). The lowest BCUT2D eigenvalue weighted by Gasteiger charge is -2.22. The zero-order valence-corrected chi connectivity index (χ0v) is 15.8. The highest BCUT2D eigenvalue weighted by Crippen LogP contribution is 2.32. The summed E-state index contributed by atoms with van der Waals surface area (Å²) >= 11 is 1.69. The van der Waals surface area contributed by atoms with Gasteiger partial charge in [0.2, 0.25) is 5.91 Å². The van der Waals surface area contributed by atoms with Crippen LogP contribution >= 0.6 is 11.8 Å². The Morgan fingerprint density at radius 1 is 0.889 bits per heavy atom. The van der Waals surface area contributed by atoms with E-state index in [2.05, 4.69) is 5.32 Å². The van der Waals surface area contributed by atoms with Crippen molar-refractivity contribution in [1.82, 2.24) is 0 Å². The fraction of sp³-hybridized carbons (Fsp3) is 0.318. The van der Waals surface area contributed by atoms with E-state index in [1.807, 2.05) is 0 Å². The molecule has 138 valence electrons. The summed E-state index contributed by atoms with van der Waals surface area (Å²) < 4.78 is 0. The van der Waals surface area contributed by atoms with Crippen LogP contribution in [0.1, 0.15) is 63.9 Å². The molecule has 5 heteroatoms. The molecular formula is C22H21NO3S. The van der Waals surface area contributed by atoms with Gasteiger partial charge in [0, 0.05) is 21.9 Å². The monoisotopic (exact) mass is 379 g/mol. The van der Waals surface area contributed by atoms with Crippen LogP contribution in [0.25, 0.3) is 0 Å². The molecule has 0 aromatic heterocycles. The number of hydrogen-bond donors (Lipinski definition) is 1. The Balaban J connectivity index is 1.54. The number of carbonyl (C=O) groups is 3. The van der Waals surface area contributed by atoms with Crippen LogP contribution in [0, 0.1) is 0 Å². The molecule has 1 saturated carbocycles. The summed E-state index contributed by atoms with van der Waals surface area (Å²) in [6.45, 7) is 0. The van der Waals surface area contributed by atoms with Crippen LogP contribution in [0.3, 0.4) is 0 Å². The first-order valence-electron chi connectivity index (χ1n) is 9.38. The van der Waals surface area contributed by atoms with Crippen LogP contribution in [-0.4, -0.2) is 28.5 Å². The molecule has 0 radical (unpaired) electrons. The van der Waals surface area contributed by atoms with Crippen LogP contribution in [0.5, 0.6) is 0 Å². The van der Waals surface area contributed by atoms with Gasteiger partial charge in [-0.25, -0.2) is 0 Å². The van der Waals surface area contributed by atoms with E-state index < -0.39 is 0 Å². The molecule has 0 heterocycles. The summed E-state index contributed by atoms with van der Waals surface area (Å²) in [5.41, 5.74) is 1.91. The Morgan fingerprint density at radius 2 is 1.56 bits per heavy atom. The molecule has 2 aromatic carbocycles. The molecule has 0 spiro atoms. The SMILES string of the molecule is O=C(CSC1CCCCC1)Nc1cccc2c1C(=O)c1ccccc1C2=O. The molecule has 1 N–H and O–H groups in total. The Kier molecular flexibility index (Phi) is 5.12. The van der Waals surface area contributed by atoms with Crippen molar-refractivity contribution in [1.29, 1.82) is 0 Å². The van der Waals surface area contributed by atoms with Crippen LogP contribution in [-0.2, 0) is 4.79 Å². The van der Waals surface area contributed by atoms with E-state index in [0.29, 0.717) is 38.9 Å². The van der Waals surface area contributed by atoms with Crippen molar-refractivity contribution < 1.29 is 14.4 Å². The van der Waals surface area contributed by atoms with Crippen molar-refractivity contribution >= 4 is 34.9 Å². The highest BCUT2D eigenvalue weighted by molar-refractivity contribution is 8.00. The predicted molar refractivity (Wildman–Crippen MR) is 108 cm³/mol. The number of carbonyl (C=O) groups excluding carboxylic acids is 3. The summed E-state index contributed by atoms with van der Waals surface area (Å²) in [5.74, 6) is -0.144. The van der Waals surface area contributed by atoms with Crippen molar-refractivity contribution in [2.24, 2.45) is 0 Å². The number of amides is 1. The molecule has 0 saturated heterocycles. The number of nitrogens with one attached hydrogen (secondary N) is 1. The molecule has 0 atom stereocenters. The molecule has 1 fully saturated rings. The second-order valence-electron chi connectivity index (χ2n) is 7.05. The van der Waals surface area contributed by atoms with E-state index in [1.165, 1.54) is 32.1 Å². The van der Waals surface area contributed by atoms with Gasteiger partial charge in [0.25, 0.3) is 0 Å². The van der Waals surface area contributed by atoms with Crippen LogP contribution < -0.4 is 5.32 Å². The number of thioether (sulfide) groups is 1. The van der Waals surface area contributed by atoms with Crippen molar-refractivity contribution in [2.75, 3.05) is 11.1 Å². The van der Waals surface area contributed by atoms with E-state index in [9.17, 15) is 14.4 Å². The van der Waals surface area contributed by atoms with Crippen LogP contribution in [0.15, 0.2) is 42.5 Å². The lowest BCUT2D eigenvalue weighted by Crippen LogP contribution is -2.24. The Bertz CT molecular complexity index is 916. The summed E-state index contributed by atoms with van der Waals surface area (Å²) in [4.78, 5) is 38.2. The maximum atomic E-state index is 13.0. The second kappa shape index (κ2) is 7.69. The first-order chi connectivity index (χ1) is 13.1. The van der Waals surface area contributed by atoms with Crippen molar-refractivity contribution in [2.45, 2.75) is 37.4 Å². The van der Waals surface area contributed by atoms with Crippen molar-refractivity contribution in [3.63, 3.8) is 0 Å². The van der Waals surface area contributed by atoms with E-state index >= 15 is 0 Å². The zero-order chi connectivity index (χ0) is 18.8. The number of anilines is 1. The lowest BCUT2D eigenvalue weighted by molar-refractivity contribution is -0.113. The third kappa shape index (κ3) is 3.56. The standard InChI is InChI=1S/C22H21NO3S/c24-19(13-27-14-7-2-1-3-8-14)23-18-12-6-11-17-20(18)22(26)16-10-5-4-9-15(16)21(17)25/h4-6,9-12,14H,1-3,7-8,13H2,(H,23,24). The number of rotatable bonds is 4. The molecular weight excluding hydrogens is 358 g/mol. The van der Waals surface area contributed by atoms with E-state index in [0.717, 1.165) is 0 Å². The highest BCUT2D eigenvalue weighted by atomic mass is 32.2. The first kappa shape index (κ1) is 18.0. The van der Waals surface area contributed by atoms with E-state index in [4.69, 9.17) is 0 Å². The van der Waals surface area contributed by atoms with Gasteiger partial charge >= 0.3 is 0 Å². The predicted octanol–water partition coefficient (Wildman–Crippen LogP) is 4.47. The first-order valence-corrected chi connectivity index (χ1v) is 10.4. The van der Waals surface area contributed by atoms with Gasteiger partial charge in [0.1, 0.15) is 0 Å². The second-order valence-corrected chi connectivity index (χ2v) is 8.34. The molecule has 4 nitrogen and oxygen atoms in total. The Hall–Kier alpha value is -2.40. The molecule has 2 aliphatic carbocycles. The summed E-state index contributed by atoms with van der Waals surface area (Å²) in [7, 11) is 0. The molecule has 0 bridgehead atoms. The fourth-order valence-electron chi connectivity index (χ4n) is 3.86. The van der Waals surface area contributed by atoms with E-state index in [-0.39, 0.29) is 17.5 Å². The minimum Gasteiger partial charge on any atom is -0.325 e. The average Bonchev–Trinajstić information content (AvgIpc) is 2.71. The molecule has 1 amide bonds. The minimum atomic E-state index is -0.212. The van der Waals surface area contributed by atoms with Crippen LogP contribution in [0.4, 0.5) is 5.69 Å². The summed E-state index contributed by atoms with van der Waals surface area (Å²) in [6.07, 6.45) is 6.10. The van der Waals surface area contributed by atoms with Gasteiger partial charge < -0.3 is 5.32 Å². The smallest absolute Gasteiger partial charge is 0.234 e. The molecule has 0 unspecified atom stereocenters. The number of hydrogen-bond acceptors (Lipinski definition) is 4. The molecule has 27 heavy (non-hydrogen) atoms.